The second kappa shape index (κ2) is 7.06. The number of benzene rings is 2. The highest BCUT2D eigenvalue weighted by Crippen LogP contribution is 2.39. The molecule has 4 nitrogen and oxygen atoms in total. The predicted octanol–water partition coefficient (Wildman–Crippen LogP) is 5.33. The largest absolute Gasteiger partial charge is 0.454 e. The predicted molar refractivity (Wildman–Crippen MR) is 106 cm³/mol. The number of aromatic nitrogens is 1. The van der Waals surface area contributed by atoms with Gasteiger partial charge in [-0.3, -0.25) is 4.98 Å². The molecule has 0 atom stereocenters. The maximum Gasteiger partial charge on any atom is 0.164 e. The number of nitrogen functional groups attached to an aromatic ring is 1. The van der Waals surface area contributed by atoms with Gasteiger partial charge < -0.3 is 15.4 Å². The summed E-state index contributed by atoms with van der Waals surface area (Å²) in [5, 5.41) is 0.797. The Balaban J connectivity index is 1.56. The molecule has 2 N–H and O–H groups in total. The fourth-order valence-corrected chi connectivity index (χ4v) is 3.73. The minimum atomic E-state index is 0.399. The maximum absolute atomic E-state index is 6.21. The fraction of sp³-hybridized carbons (Fsp3) is 0.150. The van der Waals surface area contributed by atoms with Crippen LogP contribution in [-0.2, 0) is 13.0 Å². The van der Waals surface area contributed by atoms with E-state index in [1.807, 2.05) is 18.3 Å². The van der Waals surface area contributed by atoms with Gasteiger partial charge in [0.25, 0.3) is 0 Å². The molecule has 0 amide bonds. The number of hydrogen-bond donors (Lipinski definition) is 1. The molecule has 0 unspecified atom stereocenters. The van der Waals surface area contributed by atoms with Gasteiger partial charge in [0, 0.05) is 25.0 Å². The molecule has 1 aromatic heterocycles. The zero-order chi connectivity index (χ0) is 18.1. The van der Waals surface area contributed by atoms with Crippen LogP contribution in [0.25, 0.3) is 0 Å². The second-order valence-electron chi connectivity index (χ2n) is 6.23. The van der Waals surface area contributed by atoms with E-state index < -0.39 is 0 Å². The minimum Gasteiger partial charge on any atom is -0.454 e. The summed E-state index contributed by atoms with van der Waals surface area (Å²) in [6.45, 7) is 1.79. The Kier molecular flexibility index (Phi) is 4.62. The van der Waals surface area contributed by atoms with E-state index in [2.05, 4.69) is 28.1 Å². The van der Waals surface area contributed by atoms with E-state index in [-0.39, 0.29) is 0 Å². The molecule has 0 bridgehead atoms. The van der Waals surface area contributed by atoms with Crippen molar-refractivity contribution in [3.05, 3.63) is 76.0 Å². The van der Waals surface area contributed by atoms with Crippen molar-refractivity contribution in [3.63, 3.8) is 0 Å². The van der Waals surface area contributed by atoms with Gasteiger partial charge in [-0.05, 0) is 53.9 Å². The first-order valence-electron chi connectivity index (χ1n) is 8.29. The van der Waals surface area contributed by atoms with E-state index in [1.54, 1.807) is 18.3 Å². The average molecular weight is 386 g/mol. The molecule has 132 valence electrons. The standard InChI is InChI=1S/C20H17Cl2N3O/c21-18-9-15(23)10-19(22)20(18)26-17-4-3-14-12-25(7-5-13(14)8-17)16-2-1-6-24-11-16/h1-4,6,8-11H,5,7,12,23H2. The number of nitrogens with zero attached hydrogens (tertiary/aromatic N) is 2. The van der Waals surface area contributed by atoms with Crippen LogP contribution in [-0.4, -0.2) is 11.5 Å². The van der Waals surface area contributed by atoms with Gasteiger partial charge in [-0.1, -0.05) is 29.3 Å². The van der Waals surface area contributed by atoms with Crippen molar-refractivity contribution >= 4 is 34.6 Å². The third-order valence-electron chi connectivity index (χ3n) is 4.44. The van der Waals surface area contributed by atoms with Gasteiger partial charge >= 0.3 is 0 Å². The molecular weight excluding hydrogens is 369 g/mol. The number of anilines is 2. The molecule has 0 saturated heterocycles. The van der Waals surface area contributed by atoms with Gasteiger partial charge in [0.2, 0.25) is 0 Å². The monoisotopic (exact) mass is 385 g/mol. The van der Waals surface area contributed by atoms with Crippen molar-refractivity contribution in [2.24, 2.45) is 0 Å². The van der Waals surface area contributed by atoms with E-state index in [1.165, 1.54) is 11.1 Å². The highest BCUT2D eigenvalue weighted by atomic mass is 35.5. The number of nitrogens with two attached hydrogens (primary N) is 1. The van der Waals surface area contributed by atoms with E-state index in [0.29, 0.717) is 27.2 Å². The third kappa shape index (κ3) is 3.43. The lowest BCUT2D eigenvalue weighted by molar-refractivity contribution is 0.481. The smallest absolute Gasteiger partial charge is 0.164 e. The lowest BCUT2D eigenvalue weighted by Crippen LogP contribution is -2.30. The van der Waals surface area contributed by atoms with Crippen molar-refractivity contribution < 1.29 is 4.74 Å². The Morgan fingerprint density at radius 1 is 1.04 bits per heavy atom. The summed E-state index contributed by atoms with van der Waals surface area (Å²) in [5.74, 6) is 1.14. The molecule has 1 aliphatic rings. The van der Waals surface area contributed by atoms with Gasteiger partial charge in [-0.2, -0.15) is 0 Å². The Morgan fingerprint density at radius 2 is 1.85 bits per heavy atom. The zero-order valence-corrected chi connectivity index (χ0v) is 15.5. The molecular formula is C20H17Cl2N3O. The van der Waals surface area contributed by atoms with Gasteiger partial charge in [0.1, 0.15) is 5.75 Å². The van der Waals surface area contributed by atoms with Crippen LogP contribution in [0, 0.1) is 0 Å². The van der Waals surface area contributed by atoms with Gasteiger partial charge in [-0.25, -0.2) is 0 Å². The van der Waals surface area contributed by atoms with Crippen LogP contribution in [0.3, 0.4) is 0 Å². The van der Waals surface area contributed by atoms with E-state index >= 15 is 0 Å². The number of ether oxygens (including phenoxy) is 1. The topological polar surface area (TPSA) is 51.4 Å². The van der Waals surface area contributed by atoms with Crippen LogP contribution in [0.1, 0.15) is 11.1 Å². The van der Waals surface area contributed by atoms with E-state index in [4.69, 9.17) is 33.7 Å². The summed E-state index contributed by atoms with van der Waals surface area (Å²) in [6.07, 6.45) is 4.62. The van der Waals surface area contributed by atoms with Crippen LogP contribution in [0.5, 0.6) is 11.5 Å². The first-order chi connectivity index (χ1) is 12.6. The summed E-state index contributed by atoms with van der Waals surface area (Å²) in [6, 6.07) is 13.4. The molecule has 6 heteroatoms. The van der Waals surface area contributed by atoms with E-state index in [0.717, 1.165) is 25.2 Å². The lowest BCUT2D eigenvalue weighted by atomic mass is 9.99. The summed E-state index contributed by atoms with van der Waals surface area (Å²) >= 11 is 12.4. The number of hydrogen-bond acceptors (Lipinski definition) is 4. The zero-order valence-electron chi connectivity index (χ0n) is 14.0. The molecule has 0 saturated carbocycles. The van der Waals surface area contributed by atoms with Crippen molar-refractivity contribution in [1.82, 2.24) is 4.98 Å². The molecule has 4 rings (SSSR count). The lowest BCUT2D eigenvalue weighted by Gasteiger charge is -2.30. The number of rotatable bonds is 3. The Bertz CT molecular complexity index is 924. The fourth-order valence-electron chi connectivity index (χ4n) is 3.15. The Morgan fingerprint density at radius 3 is 2.58 bits per heavy atom. The van der Waals surface area contributed by atoms with Crippen LogP contribution >= 0.6 is 23.2 Å². The van der Waals surface area contributed by atoms with Crippen LogP contribution in [0.2, 0.25) is 10.0 Å². The maximum atomic E-state index is 6.21. The molecule has 0 aliphatic carbocycles. The van der Waals surface area contributed by atoms with Gasteiger partial charge in [0.15, 0.2) is 5.75 Å². The second-order valence-corrected chi connectivity index (χ2v) is 7.04. The van der Waals surface area contributed by atoms with Crippen molar-refractivity contribution in [2.75, 3.05) is 17.2 Å². The summed E-state index contributed by atoms with van der Waals surface area (Å²) < 4.78 is 5.93. The third-order valence-corrected chi connectivity index (χ3v) is 5.00. The highest BCUT2D eigenvalue weighted by Gasteiger charge is 2.18. The van der Waals surface area contributed by atoms with Gasteiger partial charge in [0.05, 0.1) is 21.9 Å². The summed E-state index contributed by atoms with van der Waals surface area (Å²) in [5.41, 5.74) is 9.93. The minimum absolute atomic E-state index is 0.399. The summed E-state index contributed by atoms with van der Waals surface area (Å²) in [4.78, 5) is 6.53. The highest BCUT2D eigenvalue weighted by molar-refractivity contribution is 6.37. The molecule has 26 heavy (non-hydrogen) atoms. The molecule has 0 radical (unpaired) electrons. The Hall–Kier alpha value is -2.43. The number of fused-ring (bicyclic) bond motifs is 1. The van der Waals surface area contributed by atoms with Crippen LogP contribution in [0.4, 0.5) is 11.4 Å². The molecule has 0 fully saturated rings. The van der Waals surface area contributed by atoms with Gasteiger partial charge in [-0.15, -0.1) is 0 Å². The summed E-state index contributed by atoms with van der Waals surface area (Å²) in [7, 11) is 0. The first kappa shape index (κ1) is 17.0. The molecule has 3 aromatic rings. The number of halogens is 2. The van der Waals surface area contributed by atoms with Crippen LogP contribution < -0.4 is 15.4 Å². The normalized spacial score (nSPS) is 13.4. The first-order valence-corrected chi connectivity index (χ1v) is 9.05. The Labute approximate surface area is 162 Å². The van der Waals surface area contributed by atoms with E-state index in [9.17, 15) is 0 Å². The molecule has 2 heterocycles. The SMILES string of the molecule is Nc1cc(Cl)c(Oc2ccc3c(c2)CCN(c2cccnc2)C3)c(Cl)c1. The molecule has 0 spiro atoms. The van der Waals surface area contributed by atoms with Crippen molar-refractivity contribution in [2.45, 2.75) is 13.0 Å². The van der Waals surface area contributed by atoms with Crippen molar-refractivity contribution in [3.8, 4) is 11.5 Å². The quantitative estimate of drug-likeness (QED) is 0.619. The molecule has 2 aromatic carbocycles. The number of pyridine rings is 1. The molecule has 1 aliphatic heterocycles. The van der Waals surface area contributed by atoms with Crippen molar-refractivity contribution in [1.29, 1.82) is 0 Å². The average Bonchev–Trinajstić information content (AvgIpc) is 2.65. The van der Waals surface area contributed by atoms with Crippen LogP contribution in [0.15, 0.2) is 54.9 Å².